The van der Waals surface area contributed by atoms with Crippen LogP contribution in [0.4, 0.5) is 16.2 Å². The van der Waals surface area contributed by atoms with Crippen molar-refractivity contribution in [3.05, 3.63) is 71.5 Å². The first kappa shape index (κ1) is 21.5. The van der Waals surface area contributed by atoms with Crippen LogP contribution < -0.4 is 10.2 Å². The number of fused-ring (bicyclic) bond motifs is 1. The number of hydrogen-bond donors (Lipinski definition) is 1. The minimum Gasteiger partial charge on any atom is -0.378 e. The van der Waals surface area contributed by atoms with E-state index in [-0.39, 0.29) is 11.9 Å². The van der Waals surface area contributed by atoms with E-state index in [0.29, 0.717) is 6.54 Å². The maximum absolute atomic E-state index is 13.0. The number of amides is 2. The molecule has 3 aromatic heterocycles. The molecule has 2 amide bonds. The van der Waals surface area contributed by atoms with Crippen LogP contribution in [0.25, 0.3) is 16.1 Å². The molecule has 1 aromatic carbocycles. The van der Waals surface area contributed by atoms with Gasteiger partial charge in [-0.1, -0.05) is 6.07 Å². The van der Waals surface area contributed by atoms with Crippen molar-refractivity contribution in [1.82, 2.24) is 14.3 Å². The molecule has 4 heterocycles. The lowest BCUT2D eigenvalue weighted by molar-refractivity contribution is 0.191. The molecule has 0 bridgehead atoms. The van der Waals surface area contributed by atoms with Gasteiger partial charge in [0.25, 0.3) is 0 Å². The molecular weight excluding hydrogens is 430 g/mol. The lowest BCUT2D eigenvalue weighted by Gasteiger charge is -2.32. The van der Waals surface area contributed by atoms with Gasteiger partial charge in [-0.05, 0) is 73.2 Å². The monoisotopic (exact) mass is 459 g/mol. The normalized spacial score (nSPS) is 16.2. The molecule has 0 radical (unpaired) electrons. The average Bonchev–Trinajstić information content (AvgIpc) is 3.43. The highest BCUT2D eigenvalue weighted by molar-refractivity contribution is 7.13. The summed E-state index contributed by atoms with van der Waals surface area (Å²) in [7, 11) is 4.01. The van der Waals surface area contributed by atoms with Crippen LogP contribution in [0.1, 0.15) is 30.1 Å². The number of likely N-dealkylation sites (tertiary alicyclic amines) is 1. The van der Waals surface area contributed by atoms with Crippen LogP contribution in [-0.4, -0.2) is 47.5 Å². The predicted octanol–water partition coefficient (Wildman–Crippen LogP) is 5.85. The Bertz CT molecular complexity index is 1270. The number of benzene rings is 1. The van der Waals surface area contributed by atoms with Crippen LogP contribution in [0.15, 0.2) is 60.1 Å². The Morgan fingerprint density at radius 1 is 1.18 bits per heavy atom. The van der Waals surface area contributed by atoms with Crippen LogP contribution in [0.2, 0.25) is 0 Å². The molecule has 0 unspecified atom stereocenters. The molecule has 1 atom stereocenters. The quantitative estimate of drug-likeness (QED) is 0.417. The maximum atomic E-state index is 13.0. The van der Waals surface area contributed by atoms with Crippen molar-refractivity contribution in [3.8, 4) is 10.6 Å². The van der Waals surface area contributed by atoms with Crippen molar-refractivity contribution < 1.29 is 4.79 Å². The number of piperidine rings is 1. The van der Waals surface area contributed by atoms with E-state index in [1.165, 1.54) is 10.4 Å². The van der Waals surface area contributed by atoms with Crippen LogP contribution >= 0.6 is 11.3 Å². The van der Waals surface area contributed by atoms with Gasteiger partial charge in [-0.25, -0.2) is 9.78 Å². The van der Waals surface area contributed by atoms with E-state index in [1.54, 1.807) is 11.3 Å². The minimum absolute atomic E-state index is 0.0488. The Morgan fingerprint density at radius 3 is 2.73 bits per heavy atom. The third-order valence-corrected chi connectivity index (χ3v) is 7.30. The molecule has 0 saturated carbocycles. The SMILES string of the molecule is Cc1csc(-c2nc([C@@H]3CCCN(C(=O)Nc4ccc(N(C)C)cc4)C3)n3ccccc23)c1. The average molecular weight is 460 g/mol. The number of aryl methyl sites for hydroxylation is 1. The topological polar surface area (TPSA) is 52.9 Å². The number of thiophene rings is 1. The number of carbonyl (C=O) groups excluding carboxylic acids is 1. The van der Waals surface area contributed by atoms with Crippen LogP contribution in [-0.2, 0) is 0 Å². The molecular formula is C26H29N5OS. The van der Waals surface area contributed by atoms with E-state index in [1.807, 2.05) is 54.2 Å². The first-order valence-electron chi connectivity index (χ1n) is 11.4. The van der Waals surface area contributed by atoms with Gasteiger partial charge >= 0.3 is 6.03 Å². The van der Waals surface area contributed by atoms with Crippen LogP contribution in [0.5, 0.6) is 0 Å². The second kappa shape index (κ2) is 8.90. The lowest BCUT2D eigenvalue weighted by Crippen LogP contribution is -2.42. The van der Waals surface area contributed by atoms with Gasteiger partial charge in [0.15, 0.2) is 0 Å². The summed E-state index contributed by atoms with van der Waals surface area (Å²) in [6.07, 6.45) is 4.08. The van der Waals surface area contributed by atoms with E-state index >= 15 is 0 Å². The lowest BCUT2D eigenvalue weighted by atomic mass is 9.97. The van der Waals surface area contributed by atoms with Gasteiger partial charge < -0.3 is 19.5 Å². The van der Waals surface area contributed by atoms with E-state index < -0.39 is 0 Å². The van der Waals surface area contributed by atoms with Crippen molar-refractivity contribution >= 4 is 34.3 Å². The number of carbonyl (C=O) groups is 1. The molecule has 7 heteroatoms. The zero-order valence-corrected chi connectivity index (χ0v) is 20.1. The molecule has 1 aliphatic rings. The number of nitrogens with one attached hydrogen (secondary N) is 1. The summed E-state index contributed by atoms with van der Waals surface area (Å²) in [6.45, 7) is 3.54. The predicted molar refractivity (Wildman–Crippen MR) is 137 cm³/mol. The Hall–Kier alpha value is -3.32. The highest BCUT2D eigenvalue weighted by Crippen LogP contribution is 2.34. The van der Waals surface area contributed by atoms with Crippen LogP contribution in [0, 0.1) is 6.92 Å². The van der Waals surface area contributed by atoms with E-state index in [2.05, 4.69) is 46.4 Å². The third kappa shape index (κ3) is 4.33. The molecule has 0 aliphatic carbocycles. The van der Waals surface area contributed by atoms with Crippen molar-refractivity contribution in [2.45, 2.75) is 25.7 Å². The smallest absolute Gasteiger partial charge is 0.321 e. The summed E-state index contributed by atoms with van der Waals surface area (Å²) in [5, 5.41) is 5.23. The molecule has 0 spiro atoms. The van der Waals surface area contributed by atoms with Gasteiger partial charge in [0.05, 0.1) is 10.4 Å². The summed E-state index contributed by atoms with van der Waals surface area (Å²) in [5.41, 5.74) is 5.33. The standard InChI is InChI=1S/C26H29N5OS/c1-18-15-23(33-17-18)24-22-8-4-5-14-31(22)25(28-24)19-7-6-13-30(16-19)26(32)27-20-9-11-21(12-10-20)29(2)3/h4-5,8-12,14-15,17,19H,6-7,13,16H2,1-3H3,(H,27,32)/t19-/m1/s1. The first-order chi connectivity index (χ1) is 16.0. The number of rotatable bonds is 4. The summed E-state index contributed by atoms with van der Waals surface area (Å²) in [5.74, 6) is 1.24. The number of hydrogen-bond acceptors (Lipinski definition) is 4. The molecule has 6 nitrogen and oxygen atoms in total. The molecule has 4 aromatic rings. The van der Waals surface area contributed by atoms with Gasteiger partial charge in [0.2, 0.25) is 0 Å². The fourth-order valence-corrected chi connectivity index (χ4v) is 5.40. The largest absolute Gasteiger partial charge is 0.378 e. The zero-order chi connectivity index (χ0) is 22.9. The van der Waals surface area contributed by atoms with Gasteiger partial charge in [-0.2, -0.15) is 0 Å². The molecule has 33 heavy (non-hydrogen) atoms. The molecule has 1 aliphatic heterocycles. The number of urea groups is 1. The number of nitrogens with zero attached hydrogens (tertiary/aromatic N) is 4. The number of pyridine rings is 1. The first-order valence-corrected chi connectivity index (χ1v) is 12.2. The summed E-state index contributed by atoms with van der Waals surface area (Å²) in [6, 6.07) is 16.3. The van der Waals surface area contributed by atoms with Gasteiger partial charge in [-0.3, -0.25) is 0 Å². The van der Waals surface area contributed by atoms with E-state index in [9.17, 15) is 4.79 Å². The fourth-order valence-electron chi connectivity index (χ4n) is 4.50. The third-order valence-electron chi connectivity index (χ3n) is 6.25. The van der Waals surface area contributed by atoms with E-state index in [0.717, 1.165) is 47.8 Å². The molecule has 1 N–H and O–H groups in total. The van der Waals surface area contributed by atoms with Crippen molar-refractivity contribution in [1.29, 1.82) is 0 Å². The van der Waals surface area contributed by atoms with Crippen molar-refractivity contribution in [2.24, 2.45) is 0 Å². The van der Waals surface area contributed by atoms with Crippen molar-refractivity contribution in [2.75, 3.05) is 37.4 Å². The Morgan fingerprint density at radius 2 is 2.00 bits per heavy atom. The number of anilines is 2. The molecule has 1 saturated heterocycles. The highest BCUT2D eigenvalue weighted by atomic mass is 32.1. The van der Waals surface area contributed by atoms with E-state index in [4.69, 9.17) is 4.98 Å². The van der Waals surface area contributed by atoms with Crippen LogP contribution in [0.3, 0.4) is 0 Å². The summed E-state index contributed by atoms with van der Waals surface area (Å²) >= 11 is 1.73. The second-order valence-electron chi connectivity index (χ2n) is 8.92. The summed E-state index contributed by atoms with van der Waals surface area (Å²) < 4.78 is 2.20. The Kier molecular flexibility index (Phi) is 5.81. The molecule has 5 rings (SSSR count). The minimum atomic E-state index is -0.0488. The summed E-state index contributed by atoms with van der Waals surface area (Å²) in [4.78, 5) is 23.3. The fraction of sp³-hybridized carbons (Fsp3) is 0.308. The van der Waals surface area contributed by atoms with Crippen molar-refractivity contribution in [3.63, 3.8) is 0 Å². The Labute approximate surface area is 198 Å². The maximum Gasteiger partial charge on any atom is 0.321 e. The number of aromatic nitrogens is 2. The Balaban J connectivity index is 1.37. The molecule has 170 valence electrons. The van der Waals surface area contributed by atoms with Gasteiger partial charge in [0.1, 0.15) is 11.5 Å². The number of imidazole rings is 1. The van der Waals surface area contributed by atoms with Gasteiger partial charge in [-0.15, -0.1) is 11.3 Å². The zero-order valence-electron chi connectivity index (χ0n) is 19.3. The highest BCUT2D eigenvalue weighted by Gasteiger charge is 2.29. The van der Waals surface area contributed by atoms with Gasteiger partial charge in [0, 0.05) is 50.7 Å². The molecule has 1 fully saturated rings. The second-order valence-corrected chi connectivity index (χ2v) is 9.83.